The molecule has 1 aromatic carbocycles. The zero-order chi connectivity index (χ0) is 18.3. The minimum atomic E-state index is -3.40. The van der Waals surface area contributed by atoms with E-state index in [2.05, 4.69) is 10.3 Å². The maximum Gasteiger partial charge on any atom is 0.221 e. The third-order valence-electron chi connectivity index (χ3n) is 3.69. The molecule has 2 aromatic rings. The Morgan fingerprint density at radius 3 is 2.64 bits per heavy atom. The summed E-state index contributed by atoms with van der Waals surface area (Å²) in [6.45, 7) is 2.69. The highest BCUT2D eigenvalue weighted by Crippen LogP contribution is 2.11. The fourth-order valence-electron chi connectivity index (χ4n) is 2.38. The van der Waals surface area contributed by atoms with E-state index in [4.69, 9.17) is 0 Å². The summed E-state index contributed by atoms with van der Waals surface area (Å²) in [7, 11) is -3.40. The number of aryl methyl sites for hydroxylation is 1. The van der Waals surface area contributed by atoms with Gasteiger partial charge in [0, 0.05) is 25.7 Å². The lowest BCUT2D eigenvalue weighted by atomic mass is 10.1. The van der Waals surface area contributed by atoms with Crippen LogP contribution in [0.2, 0.25) is 0 Å². The molecule has 1 amide bonds. The lowest BCUT2D eigenvalue weighted by molar-refractivity contribution is -0.121. The van der Waals surface area contributed by atoms with Gasteiger partial charge in [-0.2, -0.15) is 4.31 Å². The molecule has 7 heteroatoms. The van der Waals surface area contributed by atoms with Crippen molar-refractivity contribution in [2.24, 2.45) is 0 Å². The van der Waals surface area contributed by atoms with Crippen molar-refractivity contribution < 1.29 is 13.2 Å². The topological polar surface area (TPSA) is 79.4 Å². The first-order valence-electron chi connectivity index (χ1n) is 8.02. The fraction of sp³-hybridized carbons (Fsp3) is 0.333. The number of amides is 1. The zero-order valence-corrected chi connectivity index (χ0v) is 15.3. The first-order valence-corrected chi connectivity index (χ1v) is 9.87. The average Bonchev–Trinajstić information content (AvgIpc) is 2.56. The van der Waals surface area contributed by atoms with E-state index in [1.54, 1.807) is 12.3 Å². The van der Waals surface area contributed by atoms with Crippen molar-refractivity contribution in [3.8, 4) is 0 Å². The number of nitrogens with one attached hydrogen (secondary N) is 1. The van der Waals surface area contributed by atoms with Crippen LogP contribution in [0.25, 0.3) is 0 Å². The van der Waals surface area contributed by atoms with Gasteiger partial charge in [0.1, 0.15) is 0 Å². The van der Waals surface area contributed by atoms with E-state index < -0.39 is 10.0 Å². The van der Waals surface area contributed by atoms with E-state index in [0.29, 0.717) is 6.54 Å². The molecule has 0 radical (unpaired) electrons. The Labute approximate surface area is 148 Å². The van der Waals surface area contributed by atoms with Crippen molar-refractivity contribution in [2.45, 2.75) is 26.4 Å². The van der Waals surface area contributed by atoms with Crippen LogP contribution in [0, 0.1) is 6.92 Å². The molecule has 1 aromatic heterocycles. The first kappa shape index (κ1) is 19.1. The largest absolute Gasteiger partial charge is 0.350 e. The van der Waals surface area contributed by atoms with Crippen LogP contribution in [0.5, 0.6) is 0 Å². The maximum absolute atomic E-state index is 12.0. The SMILES string of the molecule is Cc1cccc(CN(CCC(=O)NCc2ccccn2)S(C)(=O)=O)c1. The standard InChI is InChI=1S/C18H23N3O3S/c1-15-6-5-7-16(12-15)14-21(25(2,23)24)11-9-18(22)20-13-17-8-3-4-10-19-17/h3-8,10,12H,9,11,13-14H2,1-2H3,(H,20,22). The number of pyridine rings is 1. The van der Waals surface area contributed by atoms with Gasteiger partial charge < -0.3 is 5.32 Å². The Hall–Kier alpha value is -2.25. The number of carbonyl (C=O) groups excluding carboxylic acids is 1. The number of sulfonamides is 1. The molecule has 25 heavy (non-hydrogen) atoms. The molecule has 0 bridgehead atoms. The van der Waals surface area contributed by atoms with Crippen LogP contribution >= 0.6 is 0 Å². The van der Waals surface area contributed by atoms with Crippen molar-refractivity contribution in [3.05, 3.63) is 65.5 Å². The van der Waals surface area contributed by atoms with Crippen LogP contribution < -0.4 is 5.32 Å². The van der Waals surface area contributed by atoms with Crippen LogP contribution in [0.4, 0.5) is 0 Å². The minimum Gasteiger partial charge on any atom is -0.350 e. The van der Waals surface area contributed by atoms with Gasteiger partial charge in [0.25, 0.3) is 0 Å². The lowest BCUT2D eigenvalue weighted by Crippen LogP contribution is -2.34. The molecule has 0 aliphatic heterocycles. The number of carbonyl (C=O) groups is 1. The second-order valence-electron chi connectivity index (χ2n) is 5.93. The minimum absolute atomic E-state index is 0.103. The van der Waals surface area contributed by atoms with Gasteiger partial charge in [0.2, 0.25) is 15.9 Å². The fourth-order valence-corrected chi connectivity index (χ4v) is 3.19. The normalized spacial score (nSPS) is 11.5. The Balaban J connectivity index is 1.90. The van der Waals surface area contributed by atoms with Crippen LogP contribution in [0.15, 0.2) is 48.7 Å². The molecule has 1 heterocycles. The molecule has 0 spiro atoms. The van der Waals surface area contributed by atoms with Gasteiger partial charge in [-0.25, -0.2) is 8.42 Å². The summed E-state index contributed by atoms with van der Waals surface area (Å²) in [6, 6.07) is 13.2. The lowest BCUT2D eigenvalue weighted by Gasteiger charge is -2.20. The molecule has 0 fully saturated rings. The van der Waals surface area contributed by atoms with Crippen molar-refractivity contribution >= 4 is 15.9 Å². The maximum atomic E-state index is 12.0. The van der Waals surface area contributed by atoms with Crippen molar-refractivity contribution in [3.63, 3.8) is 0 Å². The number of hydrogen-bond donors (Lipinski definition) is 1. The monoisotopic (exact) mass is 361 g/mol. The Morgan fingerprint density at radius 2 is 2.00 bits per heavy atom. The summed E-state index contributed by atoms with van der Waals surface area (Å²) in [6.07, 6.45) is 2.93. The van der Waals surface area contributed by atoms with Gasteiger partial charge in [-0.1, -0.05) is 35.9 Å². The van der Waals surface area contributed by atoms with Gasteiger partial charge in [0.15, 0.2) is 0 Å². The van der Waals surface area contributed by atoms with E-state index in [1.807, 2.05) is 43.3 Å². The third-order valence-corrected chi connectivity index (χ3v) is 4.94. The van der Waals surface area contributed by atoms with E-state index in [0.717, 1.165) is 23.1 Å². The smallest absolute Gasteiger partial charge is 0.221 e. The summed E-state index contributed by atoms with van der Waals surface area (Å²) in [5.41, 5.74) is 2.73. The number of rotatable bonds is 8. The molecule has 134 valence electrons. The predicted molar refractivity (Wildman–Crippen MR) is 97.1 cm³/mol. The Morgan fingerprint density at radius 1 is 1.20 bits per heavy atom. The highest BCUT2D eigenvalue weighted by atomic mass is 32.2. The van der Waals surface area contributed by atoms with Crippen LogP contribution in [0.3, 0.4) is 0 Å². The van der Waals surface area contributed by atoms with Crippen molar-refractivity contribution in [1.82, 2.24) is 14.6 Å². The van der Waals surface area contributed by atoms with E-state index in [-0.39, 0.29) is 25.4 Å². The van der Waals surface area contributed by atoms with Gasteiger partial charge in [-0.3, -0.25) is 9.78 Å². The summed E-state index contributed by atoms with van der Waals surface area (Å²) >= 11 is 0. The van der Waals surface area contributed by atoms with Gasteiger partial charge >= 0.3 is 0 Å². The van der Waals surface area contributed by atoms with Crippen molar-refractivity contribution in [1.29, 1.82) is 0 Å². The molecule has 6 nitrogen and oxygen atoms in total. The van der Waals surface area contributed by atoms with Crippen molar-refractivity contribution in [2.75, 3.05) is 12.8 Å². The molecule has 1 N–H and O–H groups in total. The van der Waals surface area contributed by atoms with Gasteiger partial charge in [-0.05, 0) is 24.6 Å². The third kappa shape index (κ3) is 6.64. The molecule has 0 saturated carbocycles. The van der Waals surface area contributed by atoms with Crippen LogP contribution in [-0.2, 0) is 27.9 Å². The molecular formula is C18H23N3O3S. The molecule has 0 aliphatic rings. The molecule has 0 atom stereocenters. The number of nitrogens with zero attached hydrogens (tertiary/aromatic N) is 2. The second-order valence-corrected chi connectivity index (χ2v) is 7.92. The quantitative estimate of drug-likeness (QED) is 0.778. The van der Waals surface area contributed by atoms with E-state index >= 15 is 0 Å². The van der Waals surface area contributed by atoms with Crippen LogP contribution in [-0.4, -0.2) is 36.4 Å². The molecule has 0 saturated heterocycles. The first-order chi connectivity index (χ1) is 11.8. The van der Waals surface area contributed by atoms with Crippen LogP contribution in [0.1, 0.15) is 23.2 Å². The number of benzene rings is 1. The zero-order valence-electron chi connectivity index (χ0n) is 14.5. The summed E-state index contributed by atoms with van der Waals surface area (Å²) < 4.78 is 25.3. The summed E-state index contributed by atoms with van der Waals surface area (Å²) in [4.78, 5) is 16.1. The van der Waals surface area contributed by atoms with Gasteiger partial charge in [-0.15, -0.1) is 0 Å². The molecule has 0 aliphatic carbocycles. The molecule has 0 unspecified atom stereocenters. The summed E-state index contributed by atoms with van der Waals surface area (Å²) in [5, 5.41) is 2.76. The number of aromatic nitrogens is 1. The van der Waals surface area contributed by atoms with E-state index in [9.17, 15) is 13.2 Å². The average molecular weight is 361 g/mol. The molecular weight excluding hydrogens is 338 g/mol. The highest BCUT2D eigenvalue weighted by molar-refractivity contribution is 7.88. The highest BCUT2D eigenvalue weighted by Gasteiger charge is 2.18. The van der Waals surface area contributed by atoms with Gasteiger partial charge in [0.05, 0.1) is 18.5 Å². The van der Waals surface area contributed by atoms with E-state index in [1.165, 1.54) is 4.31 Å². The Kier molecular flexibility index (Phi) is 6.66. The molecule has 2 rings (SSSR count). The number of hydrogen-bond acceptors (Lipinski definition) is 4. The summed E-state index contributed by atoms with van der Waals surface area (Å²) in [5.74, 6) is -0.205. The predicted octanol–water partition coefficient (Wildman–Crippen LogP) is 1.86. The second kappa shape index (κ2) is 8.73. The Bertz CT molecular complexity index is 807.